The minimum absolute atomic E-state index is 0.0328. The molecule has 1 aromatic rings. The molecule has 0 aliphatic rings. The minimum Gasteiger partial charge on any atom is -0.462 e. The van der Waals surface area contributed by atoms with E-state index in [1.165, 1.54) is 0 Å². The molecular weight excluding hydrogens is 298 g/mol. The summed E-state index contributed by atoms with van der Waals surface area (Å²) in [6, 6.07) is 2.71. The number of hydrogen-bond acceptors (Lipinski definition) is 4. The van der Waals surface area contributed by atoms with Gasteiger partial charge in [-0.25, -0.2) is 18.6 Å². The van der Waals surface area contributed by atoms with Crippen LogP contribution in [0.25, 0.3) is 0 Å². The van der Waals surface area contributed by atoms with Crippen LogP contribution in [0.4, 0.5) is 8.78 Å². The van der Waals surface area contributed by atoms with Gasteiger partial charge >= 0.3 is 5.97 Å². The smallest absolute Gasteiger partial charge is 0.341 e. The van der Waals surface area contributed by atoms with Crippen molar-refractivity contribution in [3.63, 3.8) is 0 Å². The van der Waals surface area contributed by atoms with Gasteiger partial charge in [0.25, 0.3) is 6.43 Å². The molecule has 0 radical (unpaired) electrons. The van der Waals surface area contributed by atoms with Gasteiger partial charge in [0.05, 0.1) is 12.2 Å². The highest BCUT2D eigenvalue weighted by atomic mass is 79.9. The molecule has 1 heterocycles. The Kier molecular flexibility index (Phi) is 4.52. The second-order valence-electron chi connectivity index (χ2n) is 2.88. The summed E-state index contributed by atoms with van der Waals surface area (Å²) < 4.78 is 29.7. The molecule has 0 unspecified atom stereocenters. The minimum atomic E-state index is -2.83. The highest BCUT2D eigenvalue weighted by Crippen LogP contribution is 2.27. The number of carbonyl (C=O) groups is 1. The fraction of sp³-hybridized carbons (Fsp3) is 0.300. The van der Waals surface area contributed by atoms with Gasteiger partial charge in [-0.05, 0) is 28.9 Å². The zero-order chi connectivity index (χ0) is 13.0. The Morgan fingerprint density at radius 2 is 2.35 bits per heavy atom. The Morgan fingerprint density at radius 1 is 1.71 bits per heavy atom. The summed E-state index contributed by atoms with van der Waals surface area (Å²) in [5.41, 5.74) is -1.08. The molecule has 0 aromatic carbocycles. The number of ether oxygens (including phenoxy) is 1. The van der Waals surface area contributed by atoms with E-state index in [-0.39, 0.29) is 22.3 Å². The van der Waals surface area contributed by atoms with E-state index in [2.05, 4.69) is 25.7 Å². The molecule has 0 atom stereocenters. The van der Waals surface area contributed by atoms with Crippen LogP contribution in [0.2, 0.25) is 0 Å². The number of esters is 1. The molecule has 1 aromatic heterocycles. The summed E-state index contributed by atoms with van der Waals surface area (Å²) in [7, 11) is 0. The maximum Gasteiger partial charge on any atom is 0.341 e. The SMILES string of the molecule is CCOC(=O)c1cc(Br)c(C(F)F)nc1C#N. The van der Waals surface area contributed by atoms with Crippen LogP contribution in [-0.2, 0) is 4.74 Å². The van der Waals surface area contributed by atoms with Gasteiger partial charge in [-0.2, -0.15) is 5.26 Å². The number of alkyl halides is 2. The first-order valence-electron chi connectivity index (χ1n) is 4.57. The third-order valence-electron chi connectivity index (χ3n) is 1.81. The molecule has 7 heteroatoms. The maximum atomic E-state index is 12.5. The van der Waals surface area contributed by atoms with Crippen molar-refractivity contribution in [2.45, 2.75) is 13.3 Å². The molecule has 0 spiro atoms. The second kappa shape index (κ2) is 5.68. The van der Waals surface area contributed by atoms with Gasteiger partial charge in [-0.1, -0.05) is 0 Å². The Labute approximate surface area is 104 Å². The summed E-state index contributed by atoms with van der Waals surface area (Å²) in [5, 5.41) is 8.75. The number of carbonyl (C=O) groups excluding carboxylic acids is 1. The zero-order valence-electron chi connectivity index (χ0n) is 8.71. The lowest BCUT2D eigenvalue weighted by atomic mass is 10.2. The van der Waals surface area contributed by atoms with Crippen LogP contribution < -0.4 is 0 Å². The molecule has 4 nitrogen and oxygen atoms in total. The number of hydrogen-bond donors (Lipinski definition) is 0. The standard InChI is InChI=1S/C10H7BrF2N2O2/c1-2-17-10(16)5-3-6(11)8(9(12)13)15-7(5)4-14/h3,9H,2H2,1H3. The monoisotopic (exact) mass is 304 g/mol. The molecular formula is C10H7BrF2N2O2. The lowest BCUT2D eigenvalue weighted by Gasteiger charge is -2.07. The van der Waals surface area contributed by atoms with Crippen LogP contribution in [0.5, 0.6) is 0 Å². The highest BCUT2D eigenvalue weighted by Gasteiger charge is 2.21. The molecule has 0 aliphatic carbocycles. The van der Waals surface area contributed by atoms with Crippen LogP contribution in [0.15, 0.2) is 10.5 Å². The number of halogens is 3. The van der Waals surface area contributed by atoms with E-state index in [4.69, 9.17) is 5.26 Å². The quantitative estimate of drug-likeness (QED) is 0.806. The van der Waals surface area contributed by atoms with Gasteiger partial charge < -0.3 is 4.74 Å². The lowest BCUT2D eigenvalue weighted by molar-refractivity contribution is 0.0524. The molecule has 1 rings (SSSR count). The van der Waals surface area contributed by atoms with E-state index in [1.807, 2.05) is 0 Å². The third-order valence-corrected chi connectivity index (χ3v) is 2.45. The third kappa shape index (κ3) is 2.97. The summed E-state index contributed by atoms with van der Waals surface area (Å²) >= 11 is 2.87. The topological polar surface area (TPSA) is 63.0 Å². The molecule has 0 saturated carbocycles. The van der Waals surface area contributed by atoms with E-state index >= 15 is 0 Å². The second-order valence-corrected chi connectivity index (χ2v) is 3.74. The van der Waals surface area contributed by atoms with Crippen molar-refractivity contribution in [2.75, 3.05) is 6.61 Å². The van der Waals surface area contributed by atoms with Crippen LogP contribution in [0.1, 0.15) is 35.1 Å². The van der Waals surface area contributed by atoms with E-state index < -0.39 is 18.1 Å². The summed E-state index contributed by atoms with van der Waals surface area (Å²) in [4.78, 5) is 14.9. The highest BCUT2D eigenvalue weighted by molar-refractivity contribution is 9.10. The van der Waals surface area contributed by atoms with Crippen molar-refractivity contribution in [1.29, 1.82) is 5.26 Å². The van der Waals surface area contributed by atoms with Crippen LogP contribution in [0, 0.1) is 11.3 Å². The first-order chi connectivity index (χ1) is 8.01. The largest absolute Gasteiger partial charge is 0.462 e. The fourth-order valence-corrected chi connectivity index (χ4v) is 1.60. The Balaban J connectivity index is 3.30. The zero-order valence-corrected chi connectivity index (χ0v) is 10.3. The summed E-state index contributed by atoms with van der Waals surface area (Å²) in [6.45, 7) is 1.72. The average molecular weight is 305 g/mol. The fourth-order valence-electron chi connectivity index (χ4n) is 1.11. The van der Waals surface area contributed by atoms with Crippen molar-refractivity contribution in [3.8, 4) is 6.07 Å². The van der Waals surface area contributed by atoms with E-state index in [0.717, 1.165) is 6.07 Å². The Bertz CT molecular complexity index is 486. The Hall–Kier alpha value is -1.55. The molecule has 0 bridgehead atoms. The molecule has 0 amide bonds. The van der Waals surface area contributed by atoms with Gasteiger partial charge in [0.2, 0.25) is 0 Å². The average Bonchev–Trinajstić information content (AvgIpc) is 2.28. The first-order valence-corrected chi connectivity index (χ1v) is 5.36. The predicted octanol–water partition coefficient (Wildman–Crippen LogP) is 2.83. The molecule has 0 fully saturated rings. The van der Waals surface area contributed by atoms with E-state index in [9.17, 15) is 13.6 Å². The number of nitriles is 1. The van der Waals surface area contributed by atoms with Crippen LogP contribution in [0.3, 0.4) is 0 Å². The lowest BCUT2D eigenvalue weighted by Crippen LogP contribution is -2.10. The molecule has 0 N–H and O–H groups in total. The van der Waals surface area contributed by atoms with Crippen molar-refractivity contribution < 1.29 is 18.3 Å². The molecule has 90 valence electrons. The van der Waals surface area contributed by atoms with Crippen molar-refractivity contribution in [3.05, 3.63) is 27.5 Å². The number of aromatic nitrogens is 1. The normalized spacial score (nSPS) is 10.1. The van der Waals surface area contributed by atoms with Crippen molar-refractivity contribution in [1.82, 2.24) is 4.98 Å². The molecule has 0 saturated heterocycles. The van der Waals surface area contributed by atoms with Gasteiger partial charge in [0.1, 0.15) is 11.8 Å². The number of nitrogens with zero attached hydrogens (tertiary/aromatic N) is 2. The van der Waals surface area contributed by atoms with Crippen LogP contribution in [-0.4, -0.2) is 17.6 Å². The van der Waals surface area contributed by atoms with Gasteiger partial charge in [0, 0.05) is 4.47 Å². The summed E-state index contributed by atoms with van der Waals surface area (Å²) in [5.74, 6) is -0.766. The Morgan fingerprint density at radius 3 is 2.82 bits per heavy atom. The van der Waals surface area contributed by atoms with Crippen LogP contribution >= 0.6 is 15.9 Å². The van der Waals surface area contributed by atoms with Gasteiger partial charge in [-0.3, -0.25) is 0 Å². The number of pyridine rings is 1. The number of rotatable bonds is 3. The maximum absolute atomic E-state index is 12.5. The van der Waals surface area contributed by atoms with Gasteiger partial charge in [-0.15, -0.1) is 0 Å². The predicted molar refractivity (Wildman–Crippen MR) is 57.6 cm³/mol. The van der Waals surface area contributed by atoms with Gasteiger partial charge in [0.15, 0.2) is 5.69 Å². The van der Waals surface area contributed by atoms with E-state index in [0.29, 0.717) is 0 Å². The first kappa shape index (κ1) is 13.5. The summed E-state index contributed by atoms with van der Waals surface area (Å²) in [6.07, 6.45) is -2.83. The molecule has 0 aliphatic heterocycles. The van der Waals surface area contributed by atoms with Crippen molar-refractivity contribution >= 4 is 21.9 Å². The molecule has 17 heavy (non-hydrogen) atoms. The van der Waals surface area contributed by atoms with Crippen molar-refractivity contribution in [2.24, 2.45) is 0 Å². The van der Waals surface area contributed by atoms with E-state index in [1.54, 1.807) is 13.0 Å².